The first-order chi connectivity index (χ1) is 19.0. The number of nitrogens with zero attached hydrogens (tertiary/aromatic N) is 1. The topological polar surface area (TPSA) is 108 Å². The maximum absolute atomic E-state index is 14.0. The molecule has 216 valence electrons. The van der Waals surface area contributed by atoms with Crippen molar-refractivity contribution in [2.24, 2.45) is 11.3 Å². The van der Waals surface area contributed by atoms with Gasteiger partial charge in [0.25, 0.3) is 5.91 Å². The van der Waals surface area contributed by atoms with Crippen LogP contribution in [0.3, 0.4) is 0 Å². The van der Waals surface area contributed by atoms with Gasteiger partial charge in [-0.2, -0.15) is 0 Å². The second-order valence-electron chi connectivity index (χ2n) is 12.1. The van der Waals surface area contributed by atoms with Crippen LogP contribution in [0.25, 0.3) is 0 Å². The summed E-state index contributed by atoms with van der Waals surface area (Å²) in [6.45, 7) is 7.35. The number of halogens is 1. The molecule has 2 unspecified atom stereocenters. The van der Waals surface area contributed by atoms with E-state index in [1.807, 2.05) is 30.3 Å². The Morgan fingerprint density at radius 1 is 1.07 bits per heavy atom. The summed E-state index contributed by atoms with van der Waals surface area (Å²) in [6, 6.07) is 12.8. The minimum Gasteiger partial charge on any atom is -0.465 e. The van der Waals surface area contributed by atoms with Crippen LogP contribution in [0.2, 0.25) is 5.02 Å². The molecule has 0 radical (unpaired) electrons. The third-order valence-corrected chi connectivity index (χ3v) is 7.65. The average molecular weight is 570 g/mol. The highest BCUT2D eigenvalue weighted by Crippen LogP contribution is 2.41. The van der Waals surface area contributed by atoms with E-state index in [1.54, 1.807) is 17.0 Å². The van der Waals surface area contributed by atoms with E-state index in [2.05, 4.69) is 31.4 Å². The second kappa shape index (κ2) is 13.0. The fourth-order valence-electron chi connectivity index (χ4n) is 5.53. The van der Waals surface area contributed by atoms with Gasteiger partial charge in [0.2, 0.25) is 5.91 Å². The van der Waals surface area contributed by atoms with Crippen molar-refractivity contribution in [3.8, 4) is 0 Å². The highest BCUT2D eigenvalue weighted by molar-refractivity contribution is 6.30. The molecular weight excluding hydrogens is 530 g/mol. The summed E-state index contributed by atoms with van der Waals surface area (Å²) < 4.78 is 6.53. The zero-order chi connectivity index (χ0) is 28.9. The molecule has 1 heterocycles. The van der Waals surface area contributed by atoms with Crippen molar-refractivity contribution in [1.29, 1.82) is 0 Å². The Kier molecular flexibility index (Phi) is 9.74. The Hall–Kier alpha value is -3.10. The first kappa shape index (κ1) is 29.9. The molecule has 2 atom stereocenters. The van der Waals surface area contributed by atoms with Crippen molar-refractivity contribution in [2.75, 3.05) is 18.0 Å². The smallest absolute Gasteiger partial charge is 0.404 e. The van der Waals surface area contributed by atoms with Crippen LogP contribution in [-0.4, -0.2) is 42.2 Å². The standard InChI is InChI=1S/C31H40ClN3O5/c1-31(2,3)19-35-25-13-12-23(32)15-24(25)28(22-11-7-10-21(14-22)18-34-30(38)39)40-26(29(35)37)16-27(36)33-17-20-8-5-4-6-9-20/h7,10-15,20,26,28,34H,4-6,8-9,16-19H2,1-3H3,(H,33,36)(H,38,39). The second-order valence-corrected chi connectivity index (χ2v) is 12.5. The first-order valence-electron chi connectivity index (χ1n) is 14.1. The number of anilines is 1. The Morgan fingerprint density at radius 3 is 2.52 bits per heavy atom. The third kappa shape index (κ3) is 7.98. The van der Waals surface area contributed by atoms with E-state index < -0.39 is 18.3 Å². The predicted molar refractivity (Wildman–Crippen MR) is 155 cm³/mol. The van der Waals surface area contributed by atoms with Crippen molar-refractivity contribution in [1.82, 2.24) is 10.6 Å². The molecule has 8 nitrogen and oxygen atoms in total. The fraction of sp³-hybridized carbons (Fsp3) is 0.516. The van der Waals surface area contributed by atoms with E-state index in [4.69, 9.17) is 21.4 Å². The molecule has 2 aliphatic rings. The van der Waals surface area contributed by atoms with E-state index in [-0.39, 0.29) is 30.2 Å². The van der Waals surface area contributed by atoms with Crippen LogP contribution in [0, 0.1) is 11.3 Å². The highest BCUT2D eigenvalue weighted by Gasteiger charge is 2.39. The van der Waals surface area contributed by atoms with Crippen LogP contribution in [0.15, 0.2) is 42.5 Å². The van der Waals surface area contributed by atoms with Crippen LogP contribution in [0.1, 0.15) is 82.1 Å². The highest BCUT2D eigenvalue weighted by atomic mass is 35.5. The number of carbonyl (C=O) groups is 3. The molecule has 1 aliphatic heterocycles. The van der Waals surface area contributed by atoms with E-state index >= 15 is 0 Å². The summed E-state index contributed by atoms with van der Waals surface area (Å²) in [5.41, 5.74) is 2.68. The van der Waals surface area contributed by atoms with Gasteiger partial charge in [-0.1, -0.05) is 75.9 Å². The number of ether oxygens (including phenoxy) is 1. The van der Waals surface area contributed by atoms with Crippen LogP contribution >= 0.6 is 11.6 Å². The lowest BCUT2D eigenvalue weighted by molar-refractivity contribution is -0.138. The van der Waals surface area contributed by atoms with E-state index in [9.17, 15) is 14.4 Å². The Labute approximate surface area is 241 Å². The summed E-state index contributed by atoms with van der Waals surface area (Å²) in [5, 5.41) is 15.0. The summed E-state index contributed by atoms with van der Waals surface area (Å²) in [6.07, 6.45) is 2.95. The van der Waals surface area contributed by atoms with E-state index in [0.717, 1.165) is 29.5 Å². The Bertz CT molecular complexity index is 1220. The molecule has 1 fully saturated rings. The van der Waals surface area contributed by atoms with Gasteiger partial charge in [0.15, 0.2) is 0 Å². The maximum Gasteiger partial charge on any atom is 0.404 e. The molecule has 3 N–H and O–H groups in total. The molecular formula is C31H40ClN3O5. The largest absolute Gasteiger partial charge is 0.465 e. The molecule has 0 bridgehead atoms. The molecule has 9 heteroatoms. The molecule has 2 aromatic carbocycles. The lowest BCUT2D eigenvalue weighted by Gasteiger charge is -2.31. The molecule has 1 aliphatic carbocycles. The molecule has 2 aromatic rings. The Morgan fingerprint density at radius 2 is 1.82 bits per heavy atom. The number of rotatable bonds is 8. The molecule has 3 amide bonds. The van der Waals surface area contributed by atoms with Crippen molar-refractivity contribution in [3.05, 3.63) is 64.2 Å². The molecule has 1 saturated carbocycles. The molecule has 0 aromatic heterocycles. The first-order valence-corrected chi connectivity index (χ1v) is 14.5. The summed E-state index contributed by atoms with van der Waals surface area (Å²) >= 11 is 6.45. The van der Waals surface area contributed by atoms with Crippen molar-refractivity contribution in [3.63, 3.8) is 0 Å². The monoisotopic (exact) mass is 569 g/mol. The van der Waals surface area contributed by atoms with Crippen molar-refractivity contribution in [2.45, 2.75) is 78.0 Å². The molecule has 4 rings (SSSR count). The lowest BCUT2D eigenvalue weighted by atomic mass is 9.89. The average Bonchev–Trinajstić information content (AvgIpc) is 3.01. The van der Waals surface area contributed by atoms with Gasteiger partial charge in [-0.15, -0.1) is 0 Å². The number of nitrogens with one attached hydrogen (secondary N) is 2. The van der Waals surface area contributed by atoms with E-state index in [0.29, 0.717) is 29.7 Å². The van der Waals surface area contributed by atoms with E-state index in [1.165, 1.54) is 19.3 Å². The van der Waals surface area contributed by atoms with Crippen LogP contribution in [0.5, 0.6) is 0 Å². The van der Waals surface area contributed by atoms with Crippen molar-refractivity contribution >= 4 is 35.2 Å². The van der Waals surface area contributed by atoms with Gasteiger partial charge in [-0.05, 0) is 53.5 Å². The fourth-order valence-corrected chi connectivity index (χ4v) is 5.71. The van der Waals surface area contributed by atoms with Gasteiger partial charge in [0.1, 0.15) is 12.2 Å². The van der Waals surface area contributed by atoms with Crippen LogP contribution in [0.4, 0.5) is 10.5 Å². The lowest BCUT2D eigenvalue weighted by Crippen LogP contribution is -2.45. The number of carbonyl (C=O) groups excluding carboxylic acids is 2. The SMILES string of the molecule is CC(C)(C)CN1C(=O)C(CC(=O)NCC2CCCCC2)OC(c2cccc(CNC(=O)O)c2)c2cc(Cl)ccc21. The van der Waals surface area contributed by atoms with Crippen LogP contribution < -0.4 is 15.5 Å². The quantitative estimate of drug-likeness (QED) is 0.358. The normalized spacial score (nSPS) is 20.0. The number of amides is 3. The number of carboxylic acid groups (broad SMARTS) is 1. The van der Waals surface area contributed by atoms with Crippen molar-refractivity contribution < 1.29 is 24.2 Å². The number of benzene rings is 2. The summed E-state index contributed by atoms with van der Waals surface area (Å²) in [4.78, 5) is 40.0. The molecule has 0 saturated heterocycles. The molecule has 40 heavy (non-hydrogen) atoms. The third-order valence-electron chi connectivity index (χ3n) is 7.42. The van der Waals surface area contributed by atoms with Gasteiger partial charge in [0.05, 0.1) is 6.42 Å². The number of hydrogen-bond acceptors (Lipinski definition) is 4. The Balaban J connectivity index is 1.67. The van der Waals surface area contributed by atoms with Gasteiger partial charge in [0, 0.05) is 35.9 Å². The summed E-state index contributed by atoms with van der Waals surface area (Å²) in [5.74, 6) is 0.00133. The number of hydrogen-bond donors (Lipinski definition) is 3. The number of fused-ring (bicyclic) bond motifs is 1. The maximum atomic E-state index is 14.0. The van der Waals surface area contributed by atoms with Gasteiger partial charge in [-0.25, -0.2) is 4.79 Å². The minimum absolute atomic E-state index is 0.0926. The zero-order valence-electron chi connectivity index (χ0n) is 23.5. The van der Waals surface area contributed by atoms with Gasteiger partial charge in [-0.3, -0.25) is 9.59 Å². The zero-order valence-corrected chi connectivity index (χ0v) is 24.3. The minimum atomic E-state index is -1.11. The molecule has 0 spiro atoms. The van der Waals surface area contributed by atoms with Gasteiger partial charge < -0.3 is 25.4 Å². The van der Waals surface area contributed by atoms with Gasteiger partial charge >= 0.3 is 6.09 Å². The predicted octanol–water partition coefficient (Wildman–Crippen LogP) is 6.06. The van der Waals surface area contributed by atoms with Crippen LogP contribution in [-0.2, 0) is 20.9 Å². The summed E-state index contributed by atoms with van der Waals surface area (Å²) in [7, 11) is 0.